The van der Waals surface area contributed by atoms with E-state index in [-0.39, 0.29) is 0 Å². The molecule has 96 valence electrons. The summed E-state index contributed by atoms with van der Waals surface area (Å²) in [7, 11) is 0. The molecule has 18 heavy (non-hydrogen) atoms. The van der Waals surface area contributed by atoms with Crippen LogP contribution >= 0.6 is 22.9 Å². The number of rotatable bonds is 5. The number of halogens is 1. The van der Waals surface area contributed by atoms with Crippen LogP contribution in [0.5, 0.6) is 0 Å². The molecule has 0 amide bonds. The number of hydrogen-bond acceptors (Lipinski definition) is 2. The van der Waals surface area contributed by atoms with E-state index in [4.69, 9.17) is 11.6 Å². The van der Waals surface area contributed by atoms with Gasteiger partial charge in [-0.05, 0) is 42.7 Å². The first-order chi connectivity index (χ1) is 8.68. The van der Waals surface area contributed by atoms with Gasteiger partial charge in [0.2, 0.25) is 0 Å². The third kappa shape index (κ3) is 3.35. The van der Waals surface area contributed by atoms with Crippen LogP contribution in [0, 0.1) is 6.92 Å². The van der Waals surface area contributed by atoms with E-state index in [1.165, 1.54) is 5.56 Å². The molecule has 0 fully saturated rings. The predicted octanol–water partition coefficient (Wildman–Crippen LogP) is 4.77. The molecule has 1 aromatic carbocycles. The Morgan fingerprint density at radius 1 is 1.28 bits per heavy atom. The predicted molar refractivity (Wildman–Crippen MR) is 78.4 cm³/mol. The molecule has 1 nitrogen and oxygen atoms in total. The molecule has 0 bridgehead atoms. The Hall–Kier alpha value is -0.830. The number of thiophene rings is 1. The van der Waals surface area contributed by atoms with Gasteiger partial charge in [-0.1, -0.05) is 41.9 Å². The van der Waals surface area contributed by atoms with Crippen molar-refractivity contribution in [3.63, 3.8) is 0 Å². The molecule has 1 unspecified atom stereocenters. The average Bonchev–Trinajstić information content (AvgIpc) is 2.71. The van der Waals surface area contributed by atoms with Crippen molar-refractivity contribution in [3.05, 3.63) is 56.7 Å². The van der Waals surface area contributed by atoms with Crippen molar-refractivity contribution >= 4 is 22.9 Å². The second-order valence-corrected chi connectivity index (χ2v) is 5.78. The molecule has 2 aromatic rings. The molecular formula is C15H17ClOS. The van der Waals surface area contributed by atoms with Crippen LogP contribution in [0.15, 0.2) is 35.7 Å². The van der Waals surface area contributed by atoms with Crippen LogP contribution in [-0.4, -0.2) is 5.11 Å². The second kappa shape index (κ2) is 6.37. The van der Waals surface area contributed by atoms with Gasteiger partial charge in [0.15, 0.2) is 0 Å². The van der Waals surface area contributed by atoms with E-state index in [0.29, 0.717) is 0 Å². The average molecular weight is 281 g/mol. The lowest BCUT2D eigenvalue weighted by Crippen LogP contribution is -1.97. The Labute approximate surface area is 117 Å². The molecule has 0 aliphatic carbocycles. The summed E-state index contributed by atoms with van der Waals surface area (Å²) in [4.78, 5) is 0.905. The van der Waals surface area contributed by atoms with Crippen molar-refractivity contribution < 1.29 is 5.11 Å². The highest BCUT2D eigenvalue weighted by molar-refractivity contribution is 7.10. The van der Waals surface area contributed by atoms with Crippen LogP contribution in [0.2, 0.25) is 5.02 Å². The number of aryl methyl sites for hydroxylation is 2. The molecule has 1 atom stereocenters. The SMILES string of the molecule is Cc1csc(C(O)CCCc2ccccc2)c1Cl. The maximum Gasteiger partial charge on any atom is 0.0897 e. The highest BCUT2D eigenvalue weighted by Gasteiger charge is 2.14. The lowest BCUT2D eigenvalue weighted by molar-refractivity contribution is 0.168. The van der Waals surface area contributed by atoms with E-state index >= 15 is 0 Å². The van der Waals surface area contributed by atoms with E-state index in [0.717, 1.165) is 34.7 Å². The van der Waals surface area contributed by atoms with Crippen LogP contribution < -0.4 is 0 Å². The molecule has 0 spiro atoms. The van der Waals surface area contributed by atoms with Crippen LogP contribution in [-0.2, 0) is 6.42 Å². The van der Waals surface area contributed by atoms with Gasteiger partial charge in [0.25, 0.3) is 0 Å². The minimum absolute atomic E-state index is 0.431. The molecule has 1 N–H and O–H groups in total. The standard InChI is InChI=1S/C15H17ClOS/c1-11-10-18-15(14(11)16)13(17)9-5-8-12-6-3-2-4-7-12/h2-4,6-7,10,13,17H,5,8-9H2,1H3. The lowest BCUT2D eigenvalue weighted by atomic mass is 10.1. The summed E-state index contributed by atoms with van der Waals surface area (Å²) in [6.45, 7) is 1.97. The Balaban J connectivity index is 1.85. The zero-order valence-electron chi connectivity index (χ0n) is 10.4. The number of aliphatic hydroxyl groups is 1. The Kier molecular flexibility index (Phi) is 4.81. The zero-order valence-corrected chi connectivity index (χ0v) is 12.0. The molecule has 0 saturated carbocycles. The highest BCUT2D eigenvalue weighted by Crippen LogP contribution is 2.34. The summed E-state index contributed by atoms with van der Waals surface area (Å²) >= 11 is 7.70. The zero-order chi connectivity index (χ0) is 13.0. The fourth-order valence-electron chi connectivity index (χ4n) is 1.95. The summed E-state index contributed by atoms with van der Waals surface area (Å²) in [6.07, 6.45) is 2.30. The van der Waals surface area contributed by atoms with Gasteiger partial charge in [-0.25, -0.2) is 0 Å². The molecule has 1 heterocycles. The molecule has 1 aromatic heterocycles. The second-order valence-electron chi connectivity index (χ2n) is 4.49. The number of hydrogen-bond donors (Lipinski definition) is 1. The fraction of sp³-hybridized carbons (Fsp3) is 0.333. The molecule has 0 radical (unpaired) electrons. The Morgan fingerprint density at radius 2 is 2.00 bits per heavy atom. The van der Waals surface area contributed by atoms with Crippen LogP contribution in [0.4, 0.5) is 0 Å². The van der Waals surface area contributed by atoms with Crippen LogP contribution in [0.25, 0.3) is 0 Å². The number of aliphatic hydroxyl groups excluding tert-OH is 1. The van der Waals surface area contributed by atoms with Crippen molar-refractivity contribution in [1.29, 1.82) is 0 Å². The van der Waals surface area contributed by atoms with Gasteiger partial charge in [-0.3, -0.25) is 0 Å². The van der Waals surface area contributed by atoms with Crippen molar-refractivity contribution in [1.82, 2.24) is 0 Å². The molecule has 0 aliphatic heterocycles. The quantitative estimate of drug-likeness (QED) is 0.837. The van der Waals surface area contributed by atoms with Crippen molar-refractivity contribution in [2.24, 2.45) is 0 Å². The van der Waals surface area contributed by atoms with Gasteiger partial charge in [-0.2, -0.15) is 0 Å². The fourth-order valence-corrected chi connectivity index (χ4v) is 3.29. The van der Waals surface area contributed by atoms with Crippen molar-refractivity contribution in [3.8, 4) is 0 Å². The minimum Gasteiger partial charge on any atom is -0.388 e. The van der Waals surface area contributed by atoms with E-state index in [2.05, 4.69) is 12.1 Å². The summed E-state index contributed by atoms with van der Waals surface area (Å²) < 4.78 is 0. The van der Waals surface area contributed by atoms with Gasteiger partial charge in [-0.15, -0.1) is 11.3 Å². The molecule has 3 heteroatoms. The minimum atomic E-state index is -0.431. The van der Waals surface area contributed by atoms with Gasteiger partial charge < -0.3 is 5.11 Å². The van der Waals surface area contributed by atoms with Gasteiger partial charge >= 0.3 is 0 Å². The first-order valence-electron chi connectivity index (χ1n) is 6.14. The maximum absolute atomic E-state index is 10.1. The van der Waals surface area contributed by atoms with Crippen LogP contribution in [0.3, 0.4) is 0 Å². The molecule has 0 aliphatic rings. The third-order valence-corrected chi connectivity index (χ3v) is 4.83. The Morgan fingerprint density at radius 3 is 2.61 bits per heavy atom. The largest absolute Gasteiger partial charge is 0.388 e. The van der Waals surface area contributed by atoms with E-state index in [1.807, 2.05) is 30.5 Å². The van der Waals surface area contributed by atoms with Gasteiger partial charge in [0, 0.05) is 0 Å². The lowest BCUT2D eigenvalue weighted by Gasteiger charge is -2.09. The van der Waals surface area contributed by atoms with Crippen LogP contribution in [0.1, 0.15) is 34.9 Å². The van der Waals surface area contributed by atoms with Crippen molar-refractivity contribution in [2.45, 2.75) is 32.3 Å². The monoisotopic (exact) mass is 280 g/mol. The summed E-state index contributed by atoms with van der Waals surface area (Å²) in [5.74, 6) is 0. The van der Waals surface area contributed by atoms with Gasteiger partial charge in [0.1, 0.15) is 0 Å². The smallest absolute Gasteiger partial charge is 0.0897 e. The number of benzene rings is 1. The maximum atomic E-state index is 10.1. The summed E-state index contributed by atoms with van der Waals surface area (Å²) in [5.41, 5.74) is 2.37. The van der Waals surface area contributed by atoms with E-state index in [1.54, 1.807) is 11.3 Å². The van der Waals surface area contributed by atoms with E-state index in [9.17, 15) is 5.11 Å². The first-order valence-corrected chi connectivity index (χ1v) is 7.39. The topological polar surface area (TPSA) is 20.2 Å². The highest BCUT2D eigenvalue weighted by atomic mass is 35.5. The van der Waals surface area contributed by atoms with Crippen molar-refractivity contribution in [2.75, 3.05) is 0 Å². The normalized spacial score (nSPS) is 12.6. The molecule has 0 saturated heterocycles. The summed E-state index contributed by atoms with van der Waals surface area (Å²) in [6, 6.07) is 10.4. The van der Waals surface area contributed by atoms with Gasteiger partial charge in [0.05, 0.1) is 16.0 Å². The molecular weight excluding hydrogens is 264 g/mol. The first kappa shape index (κ1) is 13.6. The Bertz CT molecular complexity index is 492. The third-order valence-electron chi connectivity index (χ3n) is 3.01. The summed E-state index contributed by atoms with van der Waals surface area (Å²) in [5, 5.41) is 12.8. The van der Waals surface area contributed by atoms with E-state index < -0.39 is 6.10 Å². The molecule has 2 rings (SSSR count).